The van der Waals surface area contributed by atoms with E-state index < -0.39 is 0 Å². The lowest BCUT2D eigenvalue weighted by Gasteiger charge is -2.28. The molecule has 0 aromatic heterocycles. The van der Waals surface area contributed by atoms with Crippen LogP contribution in [0.2, 0.25) is 0 Å². The Balaban J connectivity index is 2.06. The molecule has 1 heterocycles. The van der Waals surface area contributed by atoms with E-state index in [1.54, 1.807) is 11.8 Å². The lowest BCUT2D eigenvalue weighted by atomic mass is 9.99. The Bertz CT molecular complexity index is 461. The van der Waals surface area contributed by atoms with E-state index in [9.17, 15) is 4.79 Å². The second kappa shape index (κ2) is 6.44. The Morgan fingerprint density at radius 2 is 2.26 bits per heavy atom. The first-order valence-corrected chi connectivity index (χ1v) is 8.01. The Hall–Kier alpha value is -1.00. The van der Waals surface area contributed by atoms with Gasteiger partial charge in [0.15, 0.2) is 0 Å². The molecule has 2 rings (SSSR count). The topological polar surface area (TPSA) is 41.1 Å². The minimum absolute atomic E-state index is 0.0625. The standard InChI is InChI=1S/C15H22N2OS/c1-10-4-5-13(19-3)9-14(10)15(18)17-12-6-7-16-11(2)8-12/h4-5,9,11-12,16H,6-8H2,1-3H3,(H,17,18). The summed E-state index contributed by atoms with van der Waals surface area (Å²) in [4.78, 5) is 13.5. The highest BCUT2D eigenvalue weighted by Gasteiger charge is 2.21. The fourth-order valence-corrected chi connectivity index (χ4v) is 2.94. The number of hydrogen-bond donors (Lipinski definition) is 2. The van der Waals surface area contributed by atoms with Crippen molar-refractivity contribution in [3.63, 3.8) is 0 Å². The molecule has 1 fully saturated rings. The van der Waals surface area contributed by atoms with Crippen molar-refractivity contribution in [1.82, 2.24) is 10.6 Å². The number of nitrogens with one attached hydrogen (secondary N) is 2. The fraction of sp³-hybridized carbons (Fsp3) is 0.533. The van der Waals surface area contributed by atoms with E-state index in [2.05, 4.69) is 23.6 Å². The summed E-state index contributed by atoms with van der Waals surface area (Å²) in [5.41, 5.74) is 1.84. The molecule has 2 unspecified atom stereocenters. The van der Waals surface area contributed by atoms with Gasteiger partial charge in [0.05, 0.1) is 0 Å². The highest BCUT2D eigenvalue weighted by atomic mass is 32.2. The first-order valence-electron chi connectivity index (χ1n) is 6.79. The van der Waals surface area contributed by atoms with Crippen molar-refractivity contribution in [2.45, 2.75) is 43.7 Å². The lowest BCUT2D eigenvalue weighted by Crippen LogP contribution is -2.46. The highest BCUT2D eigenvalue weighted by Crippen LogP contribution is 2.19. The number of aryl methyl sites for hydroxylation is 1. The van der Waals surface area contributed by atoms with Crippen LogP contribution >= 0.6 is 11.8 Å². The monoisotopic (exact) mass is 278 g/mol. The molecule has 1 amide bonds. The third-order valence-electron chi connectivity index (χ3n) is 3.65. The van der Waals surface area contributed by atoms with Gasteiger partial charge in [0.2, 0.25) is 0 Å². The van der Waals surface area contributed by atoms with E-state index in [0.29, 0.717) is 12.1 Å². The van der Waals surface area contributed by atoms with E-state index in [4.69, 9.17) is 0 Å². The maximum absolute atomic E-state index is 12.4. The fourth-order valence-electron chi connectivity index (χ4n) is 2.50. The SMILES string of the molecule is CSc1ccc(C)c(C(=O)NC2CCNC(C)C2)c1. The van der Waals surface area contributed by atoms with Gasteiger partial charge in [0.1, 0.15) is 0 Å². The summed E-state index contributed by atoms with van der Waals surface area (Å²) in [6.07, 6.45) is 4.05. The molecule has 1 aliphatic heterocycles. The molecule has 0 aliphatic carbocycles. The van der Waals surface area contributed by atoms with Gasteiger partial charge in [0.25, 0.3) is 5.91 Å². The minimum atomic E-state index is 0.0625. The Kier molecular flexibility index (Phi) is 4.88. The van der Waals surface area contributed by atoms with Gasteiger partial charge in [-0.25, -0.2) is 0 Å². The molecule has 0 bridgehead atoms. The summed E-state index contributed by atoms with van der Waals surface area (Å²) >= 11 is 1.67. The number of thioether (sulfide) groups is 1. The van der Waals surface area contributed by atoms with E-state index in [1.165, 1.54) is 0 Å². The first-order chi connectivity index (χ1) is 9.10. The summed E-state index contributed by atoms with van der Waals surface area (Å²) in [5, 5.41) is 6.57. The van der Waals surface area contributed by atoms with E-state index in [-0.39, 0.29) is 5.91 Å². The summed E-state index contributed by atoms with van der Waals surface area (Å²) in [7, 11) is 0. The second-order valence-corrected chi connectivity index (χ2v) is 6.11. The number of rotatable bonds is 3. The zero-order valence-corrected chi connectivity index (χ0v) is 12.6. The van der Waals surface area contributed by atoms with Crippen LogP contribution in [-0.2, 0) is 0 Å². The van der Waals surface area contributed by atoms with Gasteiger partial charge in [-0.3, -0.25) is 4.79 Å². The van der Waals surface area contributed by atoms with Gasteiger partial charge in [-0.15, -0.1) is 11.8 Å². The van der Waals surface area contributed by atoms with Crippen molar-refractivity contribution < 1.29 is 4.79 Å². The zero-order valence-electron chi connectivity index (χ0n) is 11.8. The van der Waals surface area contributed by atoms with Gasteiger partial charge >= 0.3 is 0 Å². The van der Waals surface area contributed by atoms with Gasteiger partial charge in [-0.1, -0.05) is 6.07 Å². The van der Waals surface area contributed by atoms with Crippen LogP contribution in [-0.4, -0.2) is 30.8 Å². The summed E-state index contributed by atoms with van der Waals surface area (Å²) in [6.45, 7) is 5.14. The summed E-state index contributed by atoms with van der Waals surface area (Å²) < 4.78 is 0. The lowest BCUT2D eigenvalue weighted by molar-refractivity contribution is 0.0925. The van der Waals surface area contributed by atoms with Crippen molar-refractivity contribution in [3.8, 4) is 0 Å². The molecule has 19 heavy (non-hydrogen) atoms. The van der Waals surface area contributed by atoms with E-state index >= 15 is 0 Å². The van der Waals surface area contributed by atoms with Crippen LogP contribution in [0.1, 0.15) is 35.7 Å². The molecule has 104 valence electrons. The first kappa shape index (κ1) is 14.4. The van der Waals surface area contributed by atoms with Gasteiger partial charge in [-0.05, 0) is 57.2 Å². The predicted molar refractivity (Wildman–Crippen MR) is 80.9 cm³/mol. The normalized spacial score (nSPS) is 23.1. The number of piperidine rings is 1. The summed E-state index contributed by atoms with van der Waals surface area (Å²) in [6, 6.07) is 6.84. The molecule has 0 spiro atoms. The third-order valence-corrected chi connectivity index (χ3v) is 4.37. The molecule has 1 aromatic carbocycles. The number of carbonyl (C=O) groups is 1. The maximum atomic E-state index is 12.4. The smallest absolute Gasteiger partial charge is 0.251 e. The van der Waals surface area contributed by atoms with Gasteiger partial charge < -0.3 is 10.6 Å². The molecular formula is C15H22N2OS. The Morgan fingerprint density at radius 3 is 2.95 bits per heavy atom. The Labute approximate surface area is 119 Å². The minimum Gasteiger partial charge on any atom is -0.349 e. The average molecular weight is 278 g/mol. The van der Waals surface area contributed by atoms with E-state index in [1.807, 2.05) is 25.3 Å². The van der Waals surface area contributed by atoms with Crippen LogP contribution in [0.3, 0.4) is 0 Å². The molecule has 4 heteroatoms. The summed E-state index contributed by atoms with van der Waals surface area (Å²) in [5.74, 6) is 0.0625. The molecule has 1 aromatic rings. The molecule has 0 radical (unpaired) electrons. The van der Waals surface area contributed by atoms with Crippen molar-refractivity contribution in [1.29, 1.82) is 0 Å². The van der Waals surface area contributed by atoms with Crippen LogP contribution in [0.5, 0.6) is 0 Å². The average Bonchev–Trinajstić information content (AvgIpc) is 2.39. The number of benzene rings is 1. The maximum Gasteiger partial charge on any atom is 0.251 e. The molecule has 0 saturated carbocycles. The van der Waals surface area contributed by atoms with Crippen LogP contribution in [0, 0.1) is 6.92 Å². The molecular weight excluding hydrogens is 256 g/mol. The van der Waals surface area contributed by atoms with E-state index in [0.717, 1.165) is 35.4 Å². The van der Waals surface area contributed by atoms with Crippen LogP contribution in [0.4, 0.5) is 0 Å². The van der Waals surface area contributed by atoms with Crippen molar-refractivity contribution in [2.24, 2.45) is 0 Å². The highest BCUT2D eigenvalue weighted by molar-refractivity contribution is 7.98. The molecule has 2 atom stereocenters. The van der Waals surface area contributed by atoms with Gasteiger partial charge in [-0.2, -0.15) is 0 Å². The quantitative estimate of drug-likeness (QED) is 0.835. The van der Waals surface area contributed by atoms with Crippen molar-refractivity contribution in [2.75, 3.05) is 12.8 Å². The number of carbonyl (C=O) groups excluding carboxylic acids is 1. The van der Waals surface area contributed by atoms with Gasteiger partial charge in [0, 0.05) is 22.5 Å². The zero-order chi connectivity index (χ0) is 13.8. The molecule has 1 saturated heterocycles. The molecule has 2 N–H and O–H groups in total. The molecule has 3 nitrogen and oxygen atoms in total. The van der Waals surface area contributed by atoms with Crippen LogP contribution in [0.25, 0.3) is 0 Å². The second-order valence-electron chi connectivity index (χ2n) is 5.23. The van der Waals surface area contributed by atoms with Crippen LogP contribution in [0.15, 0.2) is 23.1 Å². The number of amides is 1. The van der Waals surface area contributed by atoms with Crippen molar-refractivity contribution in [3.05, 3.63) is 29.3 Å². The molecule has 1 aliphatic rings. The third kappa shape index (κ3) is 3.74. The predicted octanol–water partition coefficient (Wildman–Crippen LogP) is 2.59. The number of hydrogen-bond acceptors (Lipinski definition) is 3. The Morgan fingerprint density at radius 1 is 1.47 bits per heavy atom. The van der Waals surface area contributed by atoms with Crippen molar-refractivity contribution >= 4 is 17.7 Å². The van der Waals surface area contributed by atoms with Crippen LogP contribution < -0.4 is 10.6 Å². The largest absolute Gasteiger partial charge is 0.349 e.